The second-order valence-corrected chi connectivity index (χ2v) is 7.70. The number of hydrogen-bond acceptors (Lipinski definition) is 4. The first-order chi connectivity index (χ1) is 14.7. The van der Waals surface area contributed by atoms with Gasteiger partial charge in [-0.2, -0.15) is 0 Å². The number of likely N-dealkylation sites (tertiary alicyclic amines) is 1. The van der Waals surface area contributed by atoms with E-state index in [9.17, 15) is 0 Å². The third kappa shape index (κ3) is 6.66. The standard InChI is InChI=1S/C24H34N4O2/c1-19-16-21(12-14-28(19)18-20-8-5-4-6-9-20)27-24(25-2)26-13-15-30-23-11-7-10-22(17-23)29-3/h4-11,17,19,21H,12-16,18H2,1-3H3,(H2,25,26,27). The molecule has 2 N–H and O–H groups in total. The van der Waals surface area contributed by atoms with Gasteiger partial charge in [-0.25, -0.2) is 0 Å². The number of benzene rings is 2. The molecule has 1 aliphatic rings. The first-order valence-corrected chi connectivity index (χ1v) is 10.7. The quantitative estimate of drug-likeness (QED) is 0.397. The van der Waals surface area contributed by atoms with Crippen molar-refractivity contribution < 1.29 is 9.47 Å². The Labute approximate surface area is 180 Å². The lowest BCUT2D eigenvalue weighted by molar-refractivity contribution is 0.134. The van der Waals surface area contributed by atoms with Gasteiger partial charge in [0, 0.05) is 38.3 Å². The third-order valence-electron chi connectivity index (χ3n) is 5.51. The highest BCUT2D eigenvalue weighted by Gasteiger charge is 2.25. The monoisotopic (exact) mass is 410 g/mol. The Morgan fingerprint density at radius 2 is 1.93 bits per heavy atom. The Balaban J connectivity index is 1.38. The summed E-state index contributed by atoms with van der Waals surface area (Å²) in [5.74, 6) is 2.43. The summed E-state index contributed by atoms with van der Waals surface area (Å²) in [5.41, 5.74) is 1.38. The normalized spacial score (nSPS) is 19.9. The van der Waals surface area contributed by atoms with E-state index in [0.29, 0.717) is 25.2 Å². The lowest BCUT2D eigenvalue weighted by Crippen LogP contribution is -2.51. The number of guanidine groups is 1. The minimum atomic E-state index is 0.428. The number of ether oxygens (including phenoxy) is 2. The van der Waals surface area contributed by atoms with E-state index >= 15 is 0 Å². The van der Waals surface area contributed by atoms with Crippen molar-refractivity contribution in [3.63, 3.8) is 0 Å². The van der Waals surface area contributed by atoms with Gasteiger partial charge in [0.2, 0.25) is 0 Å². The highest BCUT2D eigenvalue weighted by molar-refractivity contribution is 5.79. The van der Waals surface area contributed by atoms with Crippen molar-refractivity contribution in [3.8, 4) is 11.5 Å². The zero-order chi connectivity index (χ0) is 21.2. The van der Waals surface area contributed by atoms with Gasteiger partial charge in [-0.05, 0) is 37.5 Å². The van der Waals surface area contributed by atoms with Gasteiger partial charge in [-0.1, -0.05) is 36.4 Å². The zero-order valence-corrected chi connectivity index (χ0v) is 18.3. The molecule has 30 heavy (non-hydrogen) atoms. The van der Waals surface area contributed by atoms with Crippen LogP contribution in [0, 0.1) is 0 Å². The molecular weight excluding hydrogens is 376 g/mol. The van der Waals surface area contributed by atoms with Gasteiger partial charge >= 0.3 is 0 Å². The van der Waals surface area contributed by atoms with Crippen molar-refractivity contribution >= 4 is 5.96 Å². The molecule has 162 valence electrons. The maximum Gasteiger partial charge on any atom is 0.191 e. The molecule has 1 aliphatic heterocycles. The molecule has 0 aliphatic carbocycles. The second-order valence-electron chi connectivity index (χ2n) is 7.70. The van der Waals surface area contributed by atoms with Crippen LogP contribution >= 0.6 is 0 Å². The van der Waals surface area contributed by atoms with Gasteiger partial charge in [0.15, 0.2) is 5.96 Å². The number of nitrogens with zero attached hydrogens (tertiary/aromatic N) is 2. The van der Waals surface area contributed by atoms with Crippen molar-refractivity contribution in [1.82, 2.24) is 15.5 Å². The molecule has 2 aromatic rings. The van der Waals surface area contributed by atoms with Gasteiger partial charge in [-0.3, -0.25) is 9.89 Å². The third-order valence-corrected chi connectivity index (χ3v) is 5.51. The fourth-order valence-electron chi connectivity index (χ4n) is 3.82. The molecule has 1 saturated heterocycles. The average Bonchev–Trinajstić information content (AvgIpc) is 2.78. The van der Waals surface area contributed by atoms with Crippen LogP contribution < -0.4 is 20.1 Å². The average molecular weight is 411 g/mol. The maximum atomic E-state index is 5.79. The highest BCUT2D eigenvalue weighted by Crippen LogP contribution is 2.20. The van der Waals surface area contributed by atoms with Gasteiger partial charge in [0.05, 0.1) is 13.7 Å². The summed E-state index contributed by atoms with van der Waals surface area (Å²) in [6.45, 7) is 5.65. The highest BCUT2D eigenvalue weighted by atomic mass is 16.5. The Kier molecular flexibility index (Phi) is 8.39. The first-order valence-electron chi connectivity index (χ1n) is 10.7. The lowest BCUT2D eigenvalue weighted by atomic mass is 9.97. The van der Waals surface area contributed by atoms with Crippen LogP contribution in [-0.2, 0) is 6.54 Å². The Morgan fingerprint density at radius 1 is 1.13 bits per heavy atom. The van der Waals surface area contributed by atoms with E-state index in [4.69, 9.17) is 9.47 Å². The van der Waals surface area contributed by atoms with Crippen molar-refractivity contribution in [1.29, 1.82) is 0 Å². The molecule has 3 rings (SSSR count). The second kappa shape index (κ2) is 11.5. The van der Waals surface area contributed by atoms with E-state index < -0.39 is 0 Å². The molecule has 2 aromatic carbocycles. The van der Waals surface area contributed by atoms with Crippen LogP contribution in [0.5, 0.6) is 11.5 Å². The van der Waals surface area contributed by atoms with Crippen LogP contribution in [0.25, 0.3) is 0 Å². The SMILES string of the molecule is CN=C(NCCOc1cccc(OC)c1)NC1CCN(Cc2ccccc2)C(C)C1. The van der Waals surface area contributed by atoms with E-state index in [1.807, 2.05) is 31.3 Å². The van der Waals surface area contributed by atoms with Gasteiger partial charge in [0.25, 0.3) is 0 Å². The number of piperidine rings is 1. The Hall–Kier alpha value is -2.73. The number of rotatable bonds is 8. The first kappa shape index (κ1) is 22.0. The Morgan fingerprint density at radius 3 is 2.67 bits per heavy atom. The summed E-state index contributed by atoms with van der Waals surface area (Å²) in [6, 6.07) is 19.3. The summed E-state index contributed by atoms with van der Waals surface area (Å²) in [7, 11) is 3.47. The van der Waals surface area contributed by atoms with E-state index in [-0.39, 0.29) is 0 Å². The van der Waals surface area contributed by atoms with E-state index in [1.54, 1.807) is 7.11 Å². The molecule has 0 aromatic heterocycles. The summed E-state index contributed by atoms with van der Waals surface area (Å²) in [5, 5.41) is 6.92. The van der Waals surface area contributed by atoms with Crippen LogP contribution in [0.2, 0.25) is 0 Å². The summed E-state index contributed by atoms with van der Waals surface area (Å²) >= 11 is 0. The molecule has 0 amide bonds. The molecule has 0 spiro atoms. The predicted octanol–water partition coefficient (Wildman–Crippen LogP) is 3.29. The number of hydrogen-bond donors (Lipinski definition) is 2. The lowest BCUT2D eigenvalue weighted by Gasteiger charge is -2.38. The Bertz CT molecular complexity index is 797. The largest absolute Gasteiger partial charge is 0.497 e. The van der Waals surface area contributed by atoms with Crippen LogP contribution in [0.1, 0.15) is 25.3 Å². The number of nitrogens with one attached hydrogen (secondary N) is 2. The number of methoxy groups -OCH3 is 1. The molecule has 1 heterocycles. The van der Waals surface area contributed by atoms with Crippen LogP contribution in [-0.4, -0.2) is 56.8 Å². The van der Waals surface area contributed by atoms with E-state index in [0.717, 1.165) is 43.4 Å². The predicted molar refractivity (Wildman–Crippen MR) is 122 cm³/mol. The molecule has 1 fully saturated rings. The molecular formula is C24H34N4O2. The van der Waals surface area contributed by atoms with Crippen LogP contribution in [0.15, 0.2) is 59.6 Å². The molecule has 0 saturated carbocycles. The fourth-order valence-corrected chi connectivity index (χ4v) is 3.82. The van der Waals surface area contributed by atoms with Crippen molar-refractivity contribution in [2.24, 2.45) is 4.99 Å². The van der Waals surface area contributed by atoms with Crippen LogP contribution in [0.3, 0.4) is 0 Å². The summed E-state index contributed by atoms with van der Waals surface area (Å²) < 4.78 is 11.0. The smallest absolute Gasteiger partial charge is 0.191 e. The van der Waals surface area contributed by atoms with Crippen molar-refractivity contribution in [2.75, 3.05) is 33.9 Å². The number of aliphatic imine (C=N–C) groups is 1. The minimum absolute atomic E-state index is 0.428. The van der Waals surface area contributed by atoms with Crippen molar-refractivity contribution in [3.05, 3.63) is 60.2 Å². The van der Waals surface area contributed by atoms with Crippen molar-refractivity contribution in [2.45, 2.75) is 38.4 Å². The van der Waals surface area contributed by atoms with Gasteiger partial charge in [-0.15, -0.1) is 0 Å². The topological polar surface area (TPSA) is 58.1 Å². The summed E-state index contributed by atoms with van der Waals surface area (Å²) in [6.07, 6.45) is 2.21. The van der Waals surface area contributed by atoms with Crippen LogP contribution in [0.4, 0.5) is 0 Å². The molecule has 0 bridgehead atoms. The minimum Gasteiger partial charge on any atom is -0.497 e. The molecule has 2 atom stereocenters. The maximum absolute atomic E-state index is 5.79. The van der Waals surface area contributed by atoms with Gasteiger partial charge in [0.1, 0.15) is 18.1 Å². The van der Waals surface area contributed by atoms with Gasteiger partial charge < -0.3 is 20.1 Å². The van der Waals surface area contributed by atoms with E-state index in [2.05, 4.69) is 57.8 Å². The molecule has 0 radical (unpaired) electrons. The molecule has 6 nitrogen and oxygen atoms in total. The zero-order valence-electron chi connectivity index (χ0n) is 18.3. The summed E-state index contributed by atoms with van der Waals surface area (Å²) in [4.78, 5) is 6.93. The molecule has 2 unspecified atom stereocenters. The fraction of sp³-hybridized carbons (Fsp3) is 0.458. The van der Waals surface area contributed by atoms with E-state index in [1.165, 1.54) is 5.56 Å². The molecule has 6 heteroatoms.